The smallest absolute Gasteiger partial charge is 0.228 e. The van der Waals surface area contributed by atoms with Crippen LogP contribution in [0, 0.1) is 13.8 Å². The maximum atomic E-state index is 11.8. The van der Waals surface area contributed by atoms with Gasteiger partial charge in [-0.2, -0.15) is 0 Å². The van der Waals surface area contributed by atoms with Crippen LogP contribution in [0.3, 0.4) is 0 Å². The van der Waals surface area contributed by atoms with Crippen LogP contribution in [0.25, 0.3) is 0 Å². The van der Waals surface area contributed by atoms with Crippen LogP contribution in [-0.4, -0.2) is 17.5 Å². The average Bonchev–Trinajstić information content (AvgIpc) is 2.39. The second-order valence-electron chi connectivity index (χ2n) is 4.89. The van der Waals surface area contributed by atoms with Crippen LogP contribution in [0.2, 0.25) is 0 Å². The van der Waals surface area contributed by atoms with E-state index in [0.717, 1.165) is 11.3 Å². The number of carbonyl (C=O) groups excluding carboxylic acids is 1. The maximum Gasteiger partial charge on any atom is 0.228 e. The van der Waals surface area contributed by atoms with Crippen molar-refractivity contribution in [1.29, 1.82) is 0 Å². The third kappa shape index (κ3) is 4.80. The molecule has 0 aliphatic heterocycles. The van der Waals surface area contributed by atoms with Gasteiger partial charge in [0.15, 0.2) is 0 Å². The van der Waals surface area contributed by atoms with Crippen molar-refractivity contribution in [3.63, 3.8) is 0 Å². The number of nitrogen functional groups attached to an aromatic ring is 1. The van der Waals surface area contributed by atoms with E-state index in [0.29, 0.717) is 23.9 Å². The number of nitrogens with zero attached hydrogens (tertiary/aromatic N) is 1. The summed E-state index contributed by atoms with van der Waals surface area (Å²) in [7, 11) is 0. The summed E-state index contributed by atoms with van der Waals surface area (Å²) < 4.78 is 5.48. The quantitative estimate of drug-likeness (QED) is 0.828. The van der Waals surface area contributed by atoms with Crippen molar-refractivity contribution >= 4 is 17.4 Å². The molecule has 0 saturated heterocycles. The van der Waals surface area contributed by atoms with Crippen molar-refractivity contribution in [2.45, 2.75) is 20.3 Å². The van der Waals surface area contributed by atoms with Crippen LogP contribution in [0.4, 0.5) is 11.5 Å². The van der Waals surface area contributed by atoms with Crippen molar-refractivity contribution in [3.8, 4) is 5.75 Å². The van der Waals surface area contributed by atoms with Gasteiger partial charge in [-0.1, -0.05) is 0 Å². The Morgan fingerprint density at radius 1 is 1.24 bits per heavy atom. The van der Waals surface area contributed by atoms with Crippen LogP contribution in [0.15, 0.2) is 36.4 Å². The van der Waals surface area contributed by atoms with E-state index in [2.05, 4.69) is 10.3 Å². The average molecular weight is 285 g/mol. The minimum absolute atomic E-state index is 0.122. The van der Waals surface area contributed by atoms with Gasteiger partial charge < -0.3 is 15.8 Å². The Kier molecular flexibility index (Phi) is 4.77. The number of aromatic nitrogens is 1. The highest BCUT2D eigenvalue weighted by Crippen LogP contribution is 2.13. The van der Waals surface area contributed by atoms with Crippen LogP contribution < -0.4 is 15.8 Å². The highest BCUT2D eigenvalue weighted by Gasteiger charge is 2.05. The van der Waals surface area contributed by atoms with E-state index < -0.39 is 0 Å². The Bertz CT molecular complexity index is 604. The number of nitrogens with two attached hydrogens (primary N) is 1. The Labute approximate surface area is 124 Å². The molecular formula is C16H19N3O2. The molecule has 3 N–H and O–H groups in total. The van der Waals surface area contributed by atoms with Crippen LogP contribution in [0.1, 0.15) is 17.7 Å². The van der Waals surface area contributed by atoms with Gasteiger partial charge in [0.25, 0.3) is 0 Å². The van der Waals surface area contributed by atoms with Gasteiger partial charge in [-0.3, -0.25) is 4.79 Å². The van der Waals surface area contributed by atoms with Gasteiger partial charge in [-0.25, -0.2) is 4.98 Å². The van der Waals surface area contributed by atoms with Crippen molar-refractivity contribution < 1.29 is 9.53 Å². The molecule has 0 bridgehead atoms. The highest BCUT2D eigenvalue weighted by atomic mass is 16.5. The summed E-state index contributed by atoms with van der Waals surface area (Å²) in [6.07, 6.45) is 0.263. The van der Waals surface area contributed by atoms with E-state index in [1.165, 1.54) is 0 Å². The van der Waals surface area contributed by atoms with Crippen molar-refractivity contribution in [1.82, 2.24) is 4.98 Å². The Hall–Kier alpha value is -2.56. The number of ether oxygens (including phenoxy) is 1. The van der Waals surface area contributed by atoms with Gasteiger partial charge >= 0.3 is 0 Å². The monoisotopic (exact) mass is 285 g/mol. The van der Waals surface area contributed by atoms with Crippen LogP contribution >= 0.6 is 0 Å². The van der Waals surface area contributed by atoms with Crippen LogP contribution in [0.5, 0.6) is 5.75 Å². The zero-order chi connectivity index (χ0) is 15.2. The molecule has 0 saturated carbocycles. The molecule has 21 heavy (non-hydrogen) atoms. The second kappa shape index (κ2) is 6.74. The Balaban J connectivity index is 1.80. The molecule has 1 amide bonds. The number of nitrogens with one attached hydrogen (secondary N) is 1. The largest absolute Gasteiger partial charge is 0.493 e. The van der Waals surface area contributed by atoms with E-state index in [1.54, 1.807) is 24.3 Å². The lowest BCUT2D eigenvalue weighted by molar-refractivity contribution is -0.116. The third-order valence-electron chi connectivity index (χ3n) is 2.84. The van der Waals surface area contributed by atoms with Crippen molar-refractivity contribution in [2.75, 3.05) is 17.7 Å². The molecule has 1 aromatic heterocycles. The number of amides is 1. The van der Waals surface area contributed by atoms with E-state index in [4.69, 9.17) is 10.5 Å². The molecule has 2 aromatic rings. The molecule has 0 spiro atoms. The lowest BCUT2D eigenvalue weighted by Gasteiger charge is -2.08. The molecule has 110 valence electrons. The number of pyridine rings is 1. The van der Waals surface area contributed by atoms with Crippen molar-refractivity contribution in [2.24, 2.45) is 0 Å². The molecule has 1 aromatic carbocycles. The molecule has 1 heterocycles. The second-order valence-corrected chi connectivity index (χ2v) is 4.89. The topological polar surface area (TPSA) is 77.2 Å². The zero-order valence-electron chi connectivity index (χ0n) is 12.2. The maximum absolute atomic E-state index is 11.8. The lowest BCUT2D eigenvalue weighted by Crippen LogP contribution is -2.16. The number of hydrogen-bond donors (Lipinski definition) is 2. The normalized spacial score (nSPS) is 10.2. The summed E-state index contributed by atoms with van der Waals surface area (Å²) in [5.41, 5.74) is 8.21. The van der Waals surface area contributed by atoms with Gasteiger partial charge in [0.1, 0.15) is 11.6 Å². The minimum atomic E-state index is -0.122. The summed E-state index contributed by atoms with van der Waals surface area (Å²) >= 11 is 0. The molecule has 5 nitrogen and oxygen atoms in total. The molecule has 0 aliphatic carbocycles. The number of aryl methyl sites for hydroxylation is 2. The predicted molar refractivity (Wildman–Crippen MR) is 83.3 cm³/mol. The fourth-order valence-corrected chi connectivity index (χ4v) is 1.94. The van der Waals surface area contributed by atoms with Gasteiger partial charge in [0.2, 0.25) is 5.91 Å². The Morgan fingerprint density at radius 3 is 2.62 bits per heavy atom. The van der Waals surface area contributed by atoms with E-state index in [-0.39, 0.29) is 12.3 Å². The Morgan fingerprint density at radius 2 is 1.95 bits per heavy atom. The molecule has 0 fully saturated rings. The molecule has 0 radical (unpaired) electrons. The molecule has 2 rings (SSSR count). The first-order valence-electron chi connectivity index (χ1n) is 6.76. The predicted octanol–water partition coefficient (Wildman–Crippen LogP) is 2.69. The van der Waals surface area contributed by atoms with E-state index in [1.807, 2.05) is 26.0 Å². The molecular weight excluding hydrogens is 266 g/mol. The summed E-state index contributed by atoms with van der Waals surface area (Å²) in [6.45, 7) is 4.17. The summed E-state index contributed by atoms with van der Waals surface area (Å²) in [5, 5.41) is 2.77. The van der Waals surface area contributed by atoms with Gasteiger partial charge in [-0.05, 0) is 55.8 Å². The summed E-state index contributed by atoms with van der Waals surface area (Å²) in [4.78, 5) is 16.1. The zero-order valence-corrected chi connectivity index (χ0v) is 12.2. The van der Waals surface area contributed by atoms with Crippen LogP contribution in [-0.2, 0) is 4.79 Å². The fraction of sp³-hybridized carbons (Fsp3) is 0.250. The highest BCUT2D eigenvalue weighted by molar-refractivity contribution is 5.89. The van der Waals surface area contributed by atoms with Gasteiger partial charge in [0.05, 0.1) is 13.0 Å². The molecule has 0 atom stereocenters. The number of rotatable bonds is 5. The molecule has 5 heteroatoms. The van der Waals surface area contributed by atoms with Crippen molar-refractivity contribution in [3.05, 3.63) is 47.7 Å². The number of hydrogen-bond acceptors (Lipinski definition) is 4. The summed E-state index contributed by atoms with van der Waals surface area (Å²) in [5.74, 6) is 1.15. The molecule has 0 aliphatic rings. The third-order valence-corrected chi connectivity index (χ3v) is 2.84. The van der Waals surface area contributed by atoms with Gasteiger partial charge in [-0.15, -0.1) is 0 Å². The first-order valence-corrected chi connectivity index (χ1v) is 6.76. The summed E-state index contributed by atoms with van der Waals surface area (Å²) in [6, 6.07) is 10.9. The minimum Gasteiger partial charge on any atom is -0.493 e. The van der Waals surface area contributed by atoms with E-state index in [9.17, 15) is 4.79 Å². The van der Waals surface area contributed by atoms with E-state index >= 15 is 0 Å². The number of carbonyl (C=O) groups is 1. The fourth-order valence-electron chi connectivity index (χ4n) is 1.94. The first kappa shape index (κ1) is 14.8. The van der Waals surface area contributed by atoms with Gasteiger partial charge in [0, 0.05) is 11.4 Å². The SMILES string of the molecule is Cc1cc(C)nc(NC(=O)CCOc2ccc(N)cc2)c1. The number of benzene rings is 1. The standard InChI is InChI=1S/C16H19N3O2/c1-11-9-12(2)18-15(10-11)19-16(20)7-8-21-14-5-3-13(17)4-6-14/h3-6,9-10H,7-8,17H2,1-2H3,(H,18,19,20). The lowest BCUT2D eigenvalue weighted by atomic mass is 10.2. The first-order chi connectivity index (χ1) is 10.0. The molecule has 0 unspecified atom stereocenters. The number of anilines is 2.